The number of amides is 1. The SMILES string of the molecule is CC(Oc1c(-c2ccc(C(C)(C)C)cc2)oc2ccc(Cl)cc2c1=O)C(=O)Nc1ccccc1C(F)(F)F. The normalized spacial score (nSPS) is 12.8. The van der Waals surface area contributed by atoms with E-state index in [0.29, 0.717) is 10.6 Å². The van der Waals surface area contributed by atoms with Crippen molar-refractivity contribution in [2.45, 2.75) is 45.4 Å². The van der Waals surface area contributed by atoms with Gasteiger partial charge in [-0.05, 0) is 48.2 Å². The molecule has 4 aromatic rings. The highest BCUT2D eigenvalue weighted by atomic mass is 35.5. The lowest BCUT2D eigenvalue weighted by Crippen LogP contribution is -2.32. The van der Waals surface area contributed by atoms with Gasteiger partial charge in [0, 0.05) is 10.6 Å². The first-order valence-electron chi connectivity index (χ1n) is 11.8. The molecule has 1 aromatic heterocycles. The summed E-state index contributed by atoms with van der Waals surface area (Å²) in [5.74, 6) is -1.04. The third-order valence-corrected chi connectivity index (χ3v) is 6.21. The number of alkyl halides is 3. The predicted octanol–water partition coefficient (Wildman–Crippen LogP) is 7.84. The van der Waals surface area contributed by atoms with Crippen molar-refractivity contribution in [2.75, 3.05) is 5.32 Å². The van der Waals surface area contributed by atoms with E-state index in [1.54, 1.807) is 24.3 Å². The Morgan fingerprint density at radius 1 is 1.00 bits per heavy atom. The van der Waals surface area contributed by atoms with Crippen LogP contribution in [0, 0.1) is 0 Å². The summed E-state index contributed by atoms with van der Waals surface area (Å²) in [6.45, 7) is 7.52. The minimum Gasteiger partial charge on any atom is -0.473 e. The molecule has 1 unspecified atom stereocenters. The van der Waals surface area contributed by atoms with Gasteiger partial charge in [-0.1, -0.05) is 68.8 Å². The molecule has 38 heavy (non-hydrogen) atoms. The van der Waals surface area contributed by atoms with E-state index >= 15 is 0 Å². The molecule has 0 radical (unpaired) electrons. The van der Waals surface area contributed by atoms with Crippen molar-refractivity contribution in [3.05, 3.63) is 93.1 Å². The molecule has 1 heterocycles. The van der Waals surface area contributed by atoms with Gasteiger partial charge in [-0.3, -0.25) is 9.59 Å². The van der Waals surface area contributed by atoms with Gasteiger partial charge < -0.3 is 14.5 Å². The number of benzene rings is 3. The van der Waals surface area contributed by atoms with Crippen molar-refractivity contribution in [1.82, 2.24) is 0 Å². The summed E-state index contributed by atoms with van der Waals surface area (Å²) in [5, 5.41) is 2.68. The van der Waals surface area contributed by atoms with Gasteiger partial charge in [0.1, 0.15) is 5.58 Å². The Morgan fingerprint density at radius 3 is 2.29 bits per heavy atom. The first kappa shape index (κ1) is 27.3. The number of halogens is 4. The summed E-state index contributed by atoms with van der Waals surface area (Å²) < 4.78 is 52.0. The fourth-order valence-corrected chi connectivity index (χ4v) is 4.05. The van der Waals surface area contributed by atoms with Crippen molar-refractivity contribution in [3.8, 4) is 17.1 Å². The van der Waals surface area contributed by atoms with E-state index in [9.17, 15) is 22.8 Å². The van der Waals surface area contributed by atoms with E-state index in [1.165, 1.54) is 25.1 Å². The van der Waals surface area contributed by atoms with Gasteiger partial charge in [0.2, 0.25) is 11.2 Å². The number of rotatable bonds is 5. The summed E-state index contributed by atoms with van der Waals surface area (Å²) in [4.78, 5) is 26.3. The zero-order valence-corrected chi connectivity index (χ0v) is 21.8. The minimum atomic E-state index is -4.67. The highest BCUT2D eigenvalue weighted by Crippen LogP contribution is 2.36. The van der Waals surface area contributed by atoms with E-state index in [-0.39, 0.29) is 27.9 Å². The molecule has 0 fully saturated rings. The molecule has 9 heteroatoms. The second-order valence-electron chi connectivity index (χ2n) is 9.85. The van der Waals surface area contributed by atoms with Crippen LogP contribution in [-0.4, -0.2) is 12.0 Å². The Labute approximate surface area is 222 Å². The van der Waals surface area contributed by atoms with Gasteiger partial charge >= 0.3 is 6.18 Å². The van der Waals surface area contributed by atoms with Gasteiger partial charge in [-0.2, -0.15) is 13.2 Å². The molecular weight excluding hydrogens is 519 g/mol. The van der Waals surface area contributed by atoms with E-state index in [1.807, 2.05) is 12.1 Å². The van der Waals surface area contributed by atoms with Gasteiger partial charge in [0.25, 0.3) is 5.91 Å². The monoisotopic (exact) mass is 543 g/mol. The maximum absolute atomic E-state index is 13.5. The third-order valence-electron chi connectivity index (χ3n) is 5.98. The molecule has 198 valence electrons. The van der Waals surface area contributed by atoms with Crippen LogP contribution in [0.5, 0.6) is 5.75 Å². The third kappa shape index (κ3) is 5.70. The van der Waals surface area contributed by atoms with Crippen LogP contribution in [0.2, 0.25) is 5.02 Å². The Hall–Kier alpha value is -3.78. The molecule has 0 bridgehead atoms. The highest BCUT2D eigenvalue weighted by Gasteiger charge is 2.34. The van der Waals surface area contributed by atoms with Gasteiger partial charge in [-0.15, -0.1) is 0 Å². The van der Waals surface area contributed by atoms with Gasteiger partial charge in [0.15, 0.2) is 11.9 Å². The summed E-state index contributed by atoms with van der Waals surface area (Å²) in [5.41, 5.74) is -0.266. The zero-order chi connectivity index (χ0) is 27.8. The van der Waals surface area contributed by atoms with Crippen molar-refractivity contribution in [3.63, 3.8) is 0 Å². The predicted molar refractivity (Wildman–Crippen MR) is 142 cm³/mol. The van der Waals surface area contributed by atoms with Crippen molar-refractivity contribution >= 4 is 34.2 Å². The summed E-state index contributed by atoms with van der Waals surface area (Å²) in [6, 6.07) is 16.5. The number of anilines is 1. The second kappa shape index (κ2) is 10.2. The lowest BCUT2D eigenvalue weighted by Gasteiger charge is -2.20. The quantitative estimate of drug-likeness (QED) is 0.278. The molecule has 4 rings (SSSR count). The average molecular weight is 544 g/mol. The van der Waals surface area contributed by atoms with Gasteiger partial charge in [0.05, 0.1) is 16.6 Å². The number of carbonyl (C=O) groups is 1. The number of nitrogens with one attached hydrogen (secondary N) is 1. The Bertz CT molecular complexity index is 1550. The Morgan fingerprint density at radius 2 is 1.66 bits per heavy atom. The van der Waals surface area contributed by atoms with Crippen molar-refractivity contribution in [1.29, 1.82) is 0 Å². The van der Waals surface area contributed by atoms with Crippen molar-refractivity contribution < 1.29 is 27.1 Å². The summed E-state index contributed by atoms with van der Waals surface area (Å²) >= 11 is 6.08. The van der Waals surface area contributed by atoms with Crippen LogP contribution in [0.25, 0.3) is 22.3 Å². The molecule has 1 amide bonds. The topological polar surface area (TPSA) is 68.5 Å². The van der Waals surface area contributed by atoms with Crippen LogP contribution >= 0.6 is 11.6 Å². The number of para-hydroxylation sites is 1. The molecule has 0 aliphatic rings. The van der Waals surface area contributed by atoms with E-state index < -0.39 is 34.9 Å². The molecule has 1 atom stereocenters. The number of fused-ring (bicyclic) bond motifs is 1. The highest BCUT2D eigenvalue weighted by molar-refractivity contribution is 6.31. The molecular formula is C29H25ClF3NO4. The Kier molecular flexibility index (Phi) is 7.30. The molecule has 0 saturated carbocycles. The molecule has 0 aliphatic carbocycles. The standard InChI is InChI=1S/C29H25ClF3NO4/c1-16(27(36)34-22-8-6-5-7-21(22)29(31,32)33)37-26-24(35)20-15-19(30)13-14-23(20)38-25(26)17-9-11-18(12-10-17)28(2,3)4/h5-16H,1-4H3,(H,34,36). The van der Waals surface area contributed by atoms with Crippen LogP contribution < -0.4 is 15.5 Å². The van der Waals surface area contributed by atoms with Crippen LogP contribution in [-0.2, 0) is 16.4 Å². The maximum atomic E-state index is 13.5. The number of carbonyl (C=O) groups excluding carboxylic acids is 1. The Balaban J connectivity index is 1.74. The van der Waals surface area contributed by atoms with E-state index in [4.69, 9.17) is 20.8 Å². The smallest absolute Gasteiger partial charge is 0.418 e. The molecule has 0 saturated heterocycles. The molecule has 3 aromatic carbocycles. The number of ether oxygens (including phenoxy) is 1. The molecule has 1 N–H and O–H groups in total. The van der Waals surface area contributed by atoms with Gasteiger partial charge in [-0.25, -0.2) is 0 Å². The van der Waals surface area contributed by atoms with Crippen LogP contribution in [0.4, 0.5) is 18.9 Å². The fourth-order valence-electron chi connectivity index (χ4n) is 3.87. The molecule has 0 aliphatic heterocycles. The lowest BCUT2D eigenvalue weighted by atomic mass is 9.86. The average Bonchev–Trinajstić information content (AvgIpc) is 2.85. The summed E-state index contributed by atoms with van der Waals surface area (Å²) in [7, 11) is 0. The van der Waals surface area contributed by atoms with Crippen LogP contribution in [0.15, 0.2) is 75.9 Å². The van der Waals surface area contributed by atoms with Crippen molar-refractivity contribution in [2.24, 2.45) is 0 Å². The second-order valence-corrected chi connectivity index (χ2v) is 10.3. The zero-order valence-electron chi connectivity index (χ0n) is 21.1. The number of hydrogen-bond acceptors (Lipinski definition) is 4. The molecule has 5 nitrogen and oxygen atoms in total. The van der Waals surface area contributed by atoms with Crippen LogP contribution in [0.3, 0.4) is 0 Å². The first-order valence-corrected chi connectivity index (χ1v) is 12.1. The minimum absolute atomic E-state index is 0.0839. The fraction of sp³-hybridized carbons (Fsp3) is 0.241. The number of hydrogen-bond donors (Lipinski definition) is 1. The molecule has 0 spiro atoms. The maximum Gasteiger partial charge on any atom is 0.418 e. The van der Waals surface area contributed by atoms with E-state index in [2.05, 4.69) is 26.1 Å². The lowest BCUT2D eigenvalue weighted by molar-refractivity contribution is -0.137. The van der Waals surface area contributed by atoms with Crippen LogP contribution in [0.1, 0.15) is 38.8 Å². The summed E-state index contributed by atoms with van der Waals surface area (Å²) in [6.07, 6.45) is -6.01. The largest absolute Gasteiger partial charge is 0.473 e. The first-order chi connectivity index (χ1) is 17.8. The van der Waals surface area contributed by atoms with E-state index in [0.717, 1.165) is 17.7 Å².